The van der Waals surface area contributed by atoms with Crippen LogP contribution < -0.4 is 10.2 Å². The van der Waals surface area contributed by atoms with Gasteiger partial charge in [0.1, 0.15) is 6.04 Å². The number of carbonyl (C=O) groups is 1. The third-order valence-electron chi connectivity index (χ3n) is 4.73. The number of fused-ring (bicyclic) bond motifs is 5. The second-order valence-electron chi connectivity index (χ2n) is 5.78. The maximum atomic E-state index is 12.3. The SMILES string of the molecule is O=C1Nc2cc(Br)cnc2N2C1CC1CCCCC12. The molecule has 4 rings (SSSR count). The molecule has 0 aromatic carbocycles. The molecule has 2 aliphatic heterocycles. The monoisotopic (exact) mass is 321 g/mol. The summed E-state index contributed by atoms with van der Waals surface area (Å²) >= 11 is 3.42. The highest BCUT2D eigenvalue weighted by molar-refractivity contribution is 9.10. The van der Waals surface area contributed by atoms with Gasteiger partial charge in [0, 0.05) is 16.7 Å². The van der Waals surface area contributed by atoms with Crippen molar-refractivity contribution in [3.63, 3.8) is 0 Å². The third-order valence-corrected chi connectivity index (χ3v) is 5.16. The van der Waals surface area contributed by atoms with Crippen LogP contribution >= 0.6 is 15.9 Å². The van der Waals surface area contributed by atoms with Crippen molar-refractivity contribution in [1.29, 1.82) is 0 Å². The molecule has 1 aliphatic carbocycles. The number of aromatic nitrogens is 1. The Kier molecular flexibility index (Phi) is 2.59. The smallest absolute Gasteiger partial charge is 0.247 e. The summed E-state index contributed by atoms with van der Waals surface area (Å²) in [4.78, 5) is 19.1. The van der Waals surface area contributed by atoms with Gasteiger partial charge in [-0.2, -0.15) is 0 Å². The first-order valence-electron chi connectivity index (χ1n) is 6.99. The van der Waals surface area contributed by atoms with Crippen LogP contribution in [0.1, 0.15) is 32.1 Å². The van der Waals surface area contributed by atoms with Gasteiger partial charge in [0.05, 0.1) is 5.69 Å². The Hall–Kier alpha value is -1.10. The Morgan fingerprint density at radius 3 is 3.11 bits per heavy atom. The summed E-state index contributed by atoms with van der Waals surface area (Å²) in [6.07, 6.45) is 7.86. The quantitative estimate of drug-likeness (QED) is 0.799. The molecule has 19 heavy (non-hydrogen) atoms. The van der Waals surface area contributed by atoms with Crippen LogP contribution in [0.25, 0.3) is 0 Å². The molecule has 0 spiro atoms. The van der Waals surface area contributed by atoms with Crippen LogP contribution in [-0.4, -0.2) is 23.0 Å². The van der Waals surface area contributed by atoms with Crippen molar-refractivity contribution in [1.82, 2.24) is 4.98 Å². The number of nitrogens with one attached hydrogen (secondary N) is 1. The predicted molar refractivity (Wildman–Crippen MR) is 77.2 cm³/mol. The maximum absolute atomic E-state index is 12.3. The van der Waals surface area contributed by atoms with Crippen molar-refractivity contribution in [2.45, 2.75) is 44.2 Å². The van der Waals surface area contributed by atoms with Crippen molar-refractivity contribution < 1.29 is 4.79 Å². The zero-order chi connectivity index (χ0) is 13.0. The summed E-state index contributed by atoms with van der Waals surface area (Å²) in [5, 5.41) is 3.01. The van der Waals surface area contributed by atoms with E-state index in [4.69, 9.17) is 0 Å². The van der Waals surface area contributed by atoms with E-state index in [1.54, 1.807) is 0 Å². The molecule has 0 bridgehead atoms. The maximum Gasteiger partial charge on any atom is 0.247 e. The molecule has 1 aromatic rings. The Bertz CT molecular complexity index is 547. The molecule has 0 radical (unpaired) electrons. The number of halogens is 1. The van der Waals surface area contributed by atoms with Crippen molar-refractivity contribution in [2.24, 2.45) is 5.92 Å². The minimum atomic E-state index is -0.00530. The molecule has 1 saturated carbocycles. The fourth-order valence-corrected chi connectivity index (χ4v) is 4.28. The summed E-state index contributed by atoms with van der Waals surface area (Å²) in [7, 11) is 0. The second kappa shape index (κ2) is 4.20. The van der Waals surface area contributed by atoms with Gasteiger partial charge >= 0.3 is 0 Å². The van der Waals surface area contributed by atoms with Crippen LogP contribution in [-0.2, 0) is 4.79 Å². The van der Waals surface area contributed by atoms with E-state index in [1.165, 1.54) is 25.7 Å². The van der Waals surface area contributed by atoms with Crippen LogP contribution in [0.2, 0.25) is 0 Å². The summed E-state index contributed by atoms with van der Waals surface area (Å²) in [6, 6.07) is 2.46. The molecule has 5 heteroatoms. The van der Waals surface area contributed by atoms with Gasteiger partial charge in [-0.05, 0) is 47.2 Å². The predicted octanol–water partition coefficient (Wildman–Crippen LogP) is 2.93. The lowest BCUT2D eigenvalue weighted by Gasteiger charge is -2.38. The number of pyridine rings is 1. The van der Waals surface area contributed by atoms with Crippen LogP contribution in [0.3, 0.4) is 0 Å². The number of anilines is 2. The lowest BCUT2D eigenvalue weighted by atomic mass is 9.85. The van der Waals surface area contributed by atoms with Crippen LogP contribution in [0.15, 0.2) is 16.7 Å². The molecular weight excluding hydrogens is 306 g/mol. The fraction of sp³-hybridized carbons (Fsp3) is 0.571. The molecule has 1 aromatic heterocycles. The van der Waals surface area contributed by atoms with Gasteiger partial charge in [-0.3, -0.25) is 4.79 Å². The number of nitrogens with zero attached hydrogens (tertiary/aromatic N) is 2. The molecule has 1 amide bonds. The zero-order valence-corrected chi connectivity index (χ0v) is 12.2. The number of carbonyl (C=O) groups excluding carboxylic acids is 1. The van der Waals surface area contributed by atoms with E-state index in [0.717, 1.165) is 22.4 Å². The normalized spacial score (nSPS) is 32.4. The molecule has 100 valence electrons. The van der Waals surface area contributed by atoms with E-state index in [0.29, 0.717) is 12.0 Å². The van der Waals surface area contributed by atoms with E-state index in [9.17, 15) is 4.79 Å². The topological polar surface area (TPSA) is 45.2 Å². The minimum Gasteiger partial charge on any atom is -0.340 e. The molecule has 1 N–H and O–H groups in total. The van der Waals surface area contributed by atoms with Crippen LogP contribution in [0, 0.1) is 5.92 Å². The van der Waals surface area contributed by atoms with E-state index >= 15 is 0 Å². The number of rotatable bonds is 0. The zero-order valence-electron chi connectivity index (χ0n) is 10.6. The van der Waals surface area contributed by atoms with Crippen LogP contribution in [0.5, 0.6) is 0 Å². The van der Waals surface area contributed by atoms with E-state index in [1.807, 2.05) is 12.3 Å². The van der Waals surface area contributed by atoms with Gasteiger partial charge < -0.3 is 10.2 Å². The van der Waals surface area contributed by atoms with Gasteiger partial charge in [0.15, 0.2) is 5.82 Å². The fourth-order valence-electron chi connectivity index (χ4n) is 3.94. The summed E-state index contributed by atoms with van der Waals surface area (Å²) in [6.45, 7) is 0. The highest BCUT2D eigenvalue weighted by atomic mass is 79.9. The van der Waals surface area contributed by atoms with Crippen molar-refractivity contribution in [3.05, 3.63) is 16.7 Å². The number of hydrogen-bond acceptors (Lipinski definition) is 3. The Morgan fingerprint density at radius 1 is 1.37 bits per heavy atom. The van der Waals surface area contributed by atoms with Gasteiger partial charge in [0.25, 0.3) is 0 Å². The Morgan fingerprint density at radius 2 is 2.21 bits per heavy atom. The van der Waals surface area contributed by atoms with E-state index < -0.39 is 0 Å². The average Bonchev–Trinajstić information content (AvgIpc) is 2.79. The molecule has 3 unspecified atom stereocenters. The number of hydrogen-bond donors (Lipinski definition) is 1. The van der Waals surface area contributed by atoms with Crippen molar-refractivity contribution in [3.8, 4) is 0 Å². The highest BCUT2D eigenvalue weighted by Crippen LogP contribution is 2.46. The van der Waals surface area contributed by atoms with Gasteiger partial charge in [-0.25, -0.2) is 4.98 Å². The van der Waals surface area contributed by atoms with Crippen molar-refractivity contribution >= 4 is 33.3 Å². The molecule has 2 fully saturated rings. The molecular formula is C14H16BrN3O. The lowest BCUT2D eigenvalue weighted by molar-refractivity contribution is -0.117. The summed E-state index contributed by atoms with van der Waals surface area (Å²) in [5.74, 6) is 1.77. The molecule has 3 atom stereocenters. The summed E-state index contributed by atoms with van der Waals surface area (Å²) < 4.78 is 0.907. The minimum absolute atomic E-state index is 0.00530. The first-order chi connectivity index (χ1) is 9.24. The van der Waals surface area contributed by atoms with Crippen LogP contribution in [0.4, 0.5) is 11.5 Å². The van der Waals surface area contributed by atoms with Gasteiger partial charge in [0.2, 0.25) is 5.91 Å². The molecule has 3 aliphatic rings. The van der Waals surface area contributed by atoms with Crippen molar-refractivity contribution in [2.75, 3.05) is 10.2 Å². The molecule has 1 saturated heterocycles. The molecule has 4 nitrogen and oxygen atoms in total. The van der Waals surface area contributed by atoms with Gasteiger partial charge in [-0.15, -0.1) is 0 Å². The Balaban J connectivity index is 1.80. The Labute approximate surface area is 120 Å². The third kappa shape index (κ3) is 1.71. The second-order valence-corrected chi connectivity index (χ2v) is 6.70. The first kappa shape index (κ1) is 11.7. The summed E-state index contributed by atoms with van der Waals surface area (Å²) in [5.41, 5.74) is 0.849. The largest absolute Gasteiger partial charge is 0.340 e. The standard InChI is InChI=1S/C14H16BrN3O/c15-9-6-10-13(16-7-9)18-11-4-2-1-3-8(11)5-12(18)14(19)17-10/h6-8,11-12H,1-5H2,(H,17,19). The lowest BCUT2D eigenvalue weighted by Crippen LogP contribution is -2.48. The number of amides is 1. The van der Waals surface area contributed by atoms with E-state index in [-0.39, 0.29) is 11.9 Å². The molecule has 3 heterocycles. The van der Waals surface area contributed by atoms with Gasteiger partial charge in [-0.1, -0.05) is 12.8 Å². The highest BCUT2D eigenvalue weighted by Gasteiger charge is 2.48. The average molecular weight is 322 g/mol. The first-order valence-corrected chi connectivity index (χ1v) is 7.78. The van der Waals surface area contributed by atoms with E-state index in [2.05, 4.69) is 31.1 Å².